The van der Waals surface area contributed by atoms with Crippen LogP contribution in [0.15, 0.2) is 0 Å². The van der Waals surface area contributed by atoms with Crippen LogP contribution >= 0.6 is 0 Å². The molecule has 1 rings (SSSR count). The van der Waals surface area contributed by atoms with Crippen LogP contribution in [0.1, 0.15) is 12.8 Å². The molecule has 1 unspecified atom stereocenters. The topological polar surface area (TPSA) is 95.7 Å². The molecule has 0 spiro atoms. The van der Waals surface area contributed by atoms with Gasteiger partial charge in [-0.15, -0.1) is 0 Å². The first-order valence-corrected chi connectivity index (χ1v) is 5.52. The second kappa shape index (κ2) is 6.44. The highest BCUT2D eigenvalue weighted by atomic mass is 16.3. The van der Waals surface area contributed by atoms with Crippen molar-refractivity contribution >= 4 is 11.8 Å². The van der Waals surface area contributed by atoms with Gasteiger partial charge in [-0.2, -0.15) is 0 Å². The number of aliphatic hydroxyl groups excluding tert-OH is 1. The minimum Gasteiger partial charge on any atom is -0.396 e. The van der Waals surface area contributed by atoms with E-state index in [2.05, 4.69) is 5.32 Å². The van der Waals surface area contributed by atoms with E-state index in [4.69, 9.17) is 10.8 Å². The number of rotatable bonds is 5. The lowest BCUT2D eigenvalue weighted by molar-refractivity contribution is -0.131. The van der Waals surface area contributed by atoms with Gasteiger partial charge in [-0.05, 0) is 18.8 Å². The fraction of sp³-hybridized carbons (Fsp3) is 0.800. The van der Waals surface area contributed by atoms with Gasteiger partial charge in [0.25, 0.3) is 0 Å². The molecule has 0 bridgehead atoms. The maximum atomic E-state index is 11.6. The van der Waals surface area contributed by atoms with Crippen LogP contribution in [0.4, 0.5) is 0 Å². The van der Waals surface area contributed by atoms with E-state index in [9.17, 15) is 9.59 Å². The molecule has 0 aliphatic carbocycles. The first-order chi connectivity index (χ1) is 7.67. The summed E-state index contributed by atoms with van der Waals surface area (Å²) < 4.78 is 0. The molecule has 1 heterocycles. The molecule has 4 N–H and O–H groups in total. The average Bonchev–Trinajstić information content (AvgIpc) is 2.74. The van der Waals surface area contributed by atoms with Crippen molar-refractivity contribution < 1.29 is 14.7 Å². The van der Waals surface area contributed by atoms with Crippen LogP contribution in [0.25, 0.3) is 0 Å². The predicted molar refractivity (Wildman–Crippen MR) is 58.5 cm³/mol. The highest BCUT2D eigenvalue weighted by Gasteiger charge is 2.25. The molecule has 92 valence electrons. The van der Waals surface area contributed by atoms with E-state index < -0.39 is 0 Å². The van der Waals surface area contributed by atoms with Crippen LogP contribution in [0.3, 0.4) is 0 Å². The molecule has 1 aliphatic rings. The Kier molecular flexibility index (Phi) is 5.21. The Hall–Kier alpha value is -1.14. The maximum Gasteiger partial charge on any atom is 0.241 e. The molecule has 16 heavy (non-hydrogen) atoms. The van der Waals surface area contributed by atoms with Crippen molar-refractivity contribution in [3.8, 4) is 0 Å². The van der Waals surface area contributed by atoms with Gasteiger partial charge in [0, 0.05) is 19.7 Å². The molecule has 0 radical (unpaired) electrons. The zero-order valence-corrected chi connectivity index (χ0v) is 9.32. The third-order valence-corrected chi connectivity index (χ3v) is 2.80. The molecule has 6 heteroatoms. The van der Waals surface area contributed by atoms with Gasteiger partial charge < -0.3 is 21.1 Å². The molecule has 1 fully saturated rings. The lowest BCUT2D eigenvalue weighted by Crippen LogP contribution is -2.41. The Bertz CT molecular complexity index is 258. The van der Waals surface area contributed by atoms with Crippen molar-refractivity contribution in [3.05, 3.63) is 0 Å². The maximum absolute atomic E-state index is 11.6. The van der Waals surface area contributed by atoms with Crippen molar-refractivity contribution in [1.82, 2.24) is 10.2 Å². The fourth-order valence-electron chi connectivity index (χ4n) is 1.84. The smallest absolute Gasteiger partial charge is 0.241 e. The number of hydrogen-bond acceptors (Lipinski definition) is 4. The zero-order valence-electron chi connectivity index (χ0n) is 9.32. The van der Waals surface area contributed by atoms with Crippen molar-refractivity contribution in [2.45, 2.75) is 12.8 Å². The van der Waals surface area contributed by atoms with E-state index in [1.165, 1.54) is 0 Å². The Balaban J connectivity index is 2.25. The van der Waals surface area contributed by atoms with Crippen molar-refractivity contribution in [2.75, 3.05) is 32.8 Å². The summed E-state index contributed by atoms with van der Waals surface area (Å²) in [6, 6.07) is 0. The van der Waals surface area contributed by atoms with Crippen molar-refractivity contribution in [2.24, 2.45) is 11.7 Å². The molecule has 1 saturated heterocycles. The monoisotopic (exact) mass is 229 g/mol. The van der Waals surface area contributed by atoms with E-state index >= 15 is 0 Å². The van der Waals surface area contributed by atoms with Gasteiger partial charge in [0.05, 0.1) is 13.1 Å². The summed E-state index contributed by atoms with van der Waals surface area (Å²) in [5.74, 6) is -0.0131. The molecule has 2 amide bonds. The highest BCUT2D eigenvalue weighted by Crippen LogP contribution is 2.18. The molecule has 6 nitrogen and oxygen atoms in total. The zero-order chi connectivity index (χ0) is 12.0. The molecule has 0 aromatic rings. The van der Waals surface area contributed by atoms with Gasteiger partial charge in [0.2, 0.25) is 11.8 Å². The summed E-state index contributed by atoms with van der Waals surface area (Å²) in [6.07, 6.45) is 1.66. The molecule has 0 aromatic carbocycles. The van der Waals surface area contributed by atoms with Crippen LogP contribution < -0.4 is 11.1 Å². The van der Waals surface area contributed by atoms with Crippen LogP contribution in [-0.2, 0) is 9.59 Å². The fourth-order valence-corrected chi connectivity index (χ4v) is 1.84. The largest absolute Gasteiger partial charge is 0.396 e. The number of likely N-dealkylation sites (tertiary alicyclic amines) is 1. The van der Waals surface area contributed by atoms with Crippen LogP contribution in [0.2, 0.25) is 0 Å². The van der Waals surface area contributed by atoms with E-state index in [1.54, 1.807) is 4.90 Å². The number of carbonyl (C=O) groups is 2. The summed E-state index contributed by atoms with van der Waals surface area (Å²) >= 11 is 0. The summed E-state index contributed by atoms with van der Waals surface area (Å²) in [5.41, 5.74) is 5.11. The van der Waals surface area contributed by atoms with E-state index in [0.717, 1.165) is 12.8 Å². The average molecular weight is 229 g/mol. The summed E-state index contributed by atoms with van der Waals surface area (Å²) in [4.78, 5) is 24.2. The number of carbonyl (C=O) groups excluding carboxylic acids is 2. The van der Waals surface area contributed by atoms with Crippen LogP contribution in [0, 0.1) is 5.92 Å². The lowest BCUT2D eigenvalue weighted by Gasteiger charge is -2.16. The van der Waals surface area contributed by atoms with Crippen LogP contribution in [-0.4, -0.2) is 54.6 Å². The standard InChI is InChI=1S/C10H19N3O3/c11-5-9(15)12-6-10(16)13-3-1-8(7-13)2-4-14/h8,14H,1-7,11H2,(H,12,15). The number of nitrogens with zero attached hydrogens (tertiary/aromatic N) is 1. The molecule has 0 aromatic heterocycles. The van der Waals surface area contributed by atoms with Gasteiger partial charge in [0.1, 0.15) is 0 Å². The Morgan fingerprint density at radius 3 is 2.88 bits per heavy atom. The van der Waals surface area contributed by atoms with E-state index in [-0.39, 0.29) is 31.5 Å². The van der Waals surface area contributed by atoms with E-state index in [0.29, 0.717) is 19.0 Å². The van der Waals surface area contributed by atoms with Gasteiger partial charge in [-0.25, -0.2) is 0 Å². The molecular weight excluding hydrogens is 210 g/mol. The van der Waals surface area contributed by atoms with Gasteiger partial charge in [0.15, 0.2) is 0 Å². The van der Waals surface area contributed by atoms with Gasteiger partial charge >= 0.3 is 0 Å². The van der Waals surface area contributed by atoms with Gasteiger partial charge in [-0.3, -0.25) is 9.59 Å². The number of aliphatic hydroxyl groups is 1. The summed E-state index contributed by atoms with van der Waals surface area (Å²) in [7, 11) is 0. The number of hydrogen-bond donors (Lipinski definition) is 3. The van der Waals surface area contributed by atoms with E-state index in [1.807, 2.05) is 0 Å². The normalized spacial score (nSPS) is 19.9. The first kappa shape index (κ1) is 12.9. The summed E-state index contributed by atoms with van der Waals surface area (Å²) in [5, 5.41) is 11.2. The highest BCUT2D eigenvalue weighted by molar-refractivity contribution is 5.85. The predicted octanol–water partition coefficient (Wildman–Crippen LogP) is -1.71. The Morgan fingerprint density at radius 2 is 2.25 bits per heavy atom. The second-order valence-corrected chi connectivity index (χ2v) is 3.99. The Labute approximate surface area is 94.8 Å². The first-order valence-electron chi connectivity index (χ1n) is 5.52. The molecule has 1 aliphatic heterocycles. The van der Waals surface area contributed by atoms with Gasteiger partial charge in [-0.1, -0.05) is 0 Å². The van der Waals surface area contributed by atoms with Crippen molar-refractivity contribution in [3.63, 3.8) is 0 Å². The van der Waals surface area contributed by atoms with Crippen LogP contribution in [0.5, 0.6) is 0 Å². The minimum atomic E-state index is -0.320. The second-order valence-electron chi connectivity index (χ2n) is 3.99. The third kappa shape index (κ3) is 3.79. The number of nitrogens with two attached hydrogens (primary N) is 1. The molecular formula is C10H19N3O3. The van der Waals surface area contributed by atoms with Crippen molar-refractivity contribution in [1.29, 1.82) is 0 Å². The number of amides is 2. The SMILES string of the molecule is NCC(=O)NCC(=O)N1CCC(CCO)C1. The quantitative estimate of drug-likeness (QED) is 0.523. The molecule has 1 atom stereocenters. The Morgan fingerprint density at radius 1 is 1.50 bits per heavy atom. The molecule has 0 saturated carbocycles. The number of nitrogens with one attached hydrogen (secondary N) is 1. The minimum absolute atomic E-state index is 0.0158. The summed E-state index contributed by atoms with van der Waals surface area (Å²) in [6.45, 7) is 1.47. The third-order valence-electron chi connectivity index (χ3n) is 2.80. The lowest BCUT2D eigenvalue weighted by atomic mass is 10.1.